The van der Waals surface area contributed by atoms with Crippen LogP contribution in [0.25, 0.3) is 0 Å². The largest absolute Gasteiger partial charge is 0.322 e. The molecule has 0 amide bonds. The monoisotopic (exact) mass is 278 g/mol. The number of allylic oxidation sites excluding steroid dienone is 2. The molecule has 1 saturated carbocycles. The van der Waals surface area contributed by atoms with E-state index in [1.54, 1.807) is 11.4 Å². The van der Waals surface area contributed by atoms with E-state index in [2.05, 4.69) is 12.2 Å². The highest BCUT2D eigenvalue weighted by Crippen LogP contribution is 2.66. The lowest BCUT2D eigenvalue weighted by Crippen LogP contribution is -2.09. The van der Waals surface area contributed by atoms with Crippen LogP contribution < -0.4 is 0 Å². The highest BCUT2D eigenvalue weighted by Gasteiger charge is 2.39. The van der Waals surface area contributed by atoms with Gasteiger partial charge in [-0.1, -0.05) is 23.5 Å². The van der Waals surface area contributed by atoms with Gasteiger partial charge >= 0.3 is 0 Å². The van der Waals surface area contributed by atoms with Gasteiger partial charge in [0.05, 0.1) is 13.2 Å². The summed E-state index contributed by atoms with van der Waals surface area (Å²) in [6.07, 6.45) is 7.27. The van der Waals surface area contributed by atoms with Crippen LogP contribution in [0, 0.1) is 11.8 Å². The van der Waals surface area contributed by atoms with E-state index < -0.39 is 5.69 Å². The van der Waals surface area contributed by atoms with Crippen molar-refractivity contribution < 1.29 is 9.05 Å². The van der Waals surface area contributed by atoms with E-state index in [9.17, 15) is 0 Å². The minimum atomic E-state index is -2.08. The molecule has 3 atom stereocenters. The van der Waals surface area contributed by atoms with Gasteiger partial charge in [0.25, 0.3) is 0 Å². The summed E-state index contributed by atoms with van der Waals surface area (Å²) in [6.45, 7) is 5.28. The van der Waals surface area contributed by atoms with Crippen molar-refractivity contribution in [3.05, 3.63) is 12.2 Å². The van der Waals surface area contributed by atoms with Gasteiger partial charge in [0.2, 0.25) is 5.69 Å². The minimum absolute atomic E-state index is 0.624. The molecule has 92 valence electrons. The summed E-state index contributed by atoms with van der Waals surface area (Å²) in [4.78, 5) is 0. The van der Waals surface area contributed by atoms with Gasteiger partial charge in [-0.05, 0) is 50.3 Å². The summed E-state index contributed by atoms with van der Waals surface area (Å²) < 4.78 is 11.4. The van der Waals surface area contributed by atoms with E-state index in [1.807, 2.05) is 13.8 Å². The van der Waals surface area contributed by atoms with E-state index in [0.29, 0.717) is 24.4 Å². The van der Waals surface area contributed by atoms with Crippen LogP contribution in [0.5, 0.6) is 0 Å². The van der Waals surface area contributed by atoms with Gasteiger partial charge in [-0.2, -0.15) is 0 Å². The Bertz CT molecular complexity index is 309. The Morgan fingerprint density at radius 2 is 1.94 bits per heavy atom. The Morgan fingerprint density at radius 1 is 1.25 bits per heavy atom. The average Bonchev–Trinajstić information content (AvgIpc) is 2.79. The first-order valence-corrected chi connectivity index (χ1v) is 10.0. The van der Waals surface area contributed by atoms with E-state index in [0.717, 1.165) is 5.92 Å². The molecule has 2 nitrogen and oxygen atoms in total. The second kappa shape index (κ2) is 5.53. The molecule has 0 radical (unpaired) electrons. The first-order chi connectivity index (χ1) is 7.67. The molecular weight excluding hydrogens is 259 g/mol. The molecule has 0 N–H and O–H groups in total. The molecule has 1 fully saturated rings. The van der Waals surface area contributed by atoms with Crippen molar-refractivity contribution in [2.75, 3.05) is 13.2 Å². The molecule has 0 aliphatic heterocycles. The van der Waals surface area contributed by atoms with Crippen molar-refractivity contribution in [1.82, 2.24) is 0 Å². The first-order valence-electron chi connectivity index (χ1n) is 5.92. The molecule has 2 unspecified atom stereocenters. The fraction of sp³-hybridized carbons (Fsp3) is 0.818. The zero-order chi connectivity index (χ0) is 11.6. The van der Waals surface area contributed by atoms with Crippen LogP contribution in [0.1, 0.15) is 26.7 Å². The minimum Gasteiger partial charge on any atom is -0.322 e. The SMILES string of the molecule is CCOP(=S)(OCC)SC1CC2C=C[C@@H]1C2. The maximum atomic E-state index is 5.68. The van der Waals surface area contributed by atoms with Gasteiger partial charge in [0, 0.05) is 5.25 Å². The number of rotatable bonds is 6. The molecule has 5 heteroatoms. The molecule has 0 heterocycles. The third kappa shape index (κ3) is 2.91. The van der Waals surface area contributed by atoms with Crippen LogP contribution in [0.3, 0.4) is 0 Å². The third-order valence-corrected chi connectivity index (χ3v) is 8.90. The Balaban J connectivity index is 1.96. The number of fused-ring (bicyclic) bond motifs is 2. The molecule has 0 aromatic carbocycles. The summed E-state index contributed by atoms with van der Waals surface area (Å²) in [6, 6.07) is 0. The van der Waals surface area contributed by atoms with Crippen LogP contribution >= 0.6 is 17.1 Å². The second-order valence-corrected chi connectivity index (χ2v) is 10.6. The predicted octanol–water partition coefficient (Wildman–Crippen LogP) is 3.98. The highest BCUT2D eigenvalue weighted by atomic mass is 32.9. The van der Waals surface area contributed by atoms with E-state index in [4.69, 9.17) is 20.9 Å². The summed E-state index contributed by atoms with van der Waals surface area (Å²) in [5.74, 6) is 1.49. The normalized spacial score (nSPS) is 32.5. The summed E-state index contributed by atoms with van der Waals surface area (Å²) in [5, 5.41) is 0.624. The van der Waals surface area contributed by atoms with Crippen molar-refractivity contribution in [3.63, 3.8) is 0 Å². The third-order valence-electron chi connectivity index (χ3n) is 3.06. The molecular formula is C11H19O2PS2. The van der Waals surface area contributed by atoms with E-state index in [-0.39, 0.29) is 0 Å². The Labute approximate surface area is 107 Å². The van der Waals surface area contributed by atoms with Crippen molar-refractivity contribution >= 4 is 28.9 Å². The highest BCUT2D eigenvalue weighted by molar-refractivity contribution is 8.68. The Hall–Kier alpha value is 0.660. The predicted molar refractivity (Wildman–Crippen MR) is 74.3 cm³/mol. The molecule has 0 aromatic heterocycles. The molecule has 0 spiro atoms. The van der Waals surface area contributed by atoms with Crippen LogP contribution in [-0.4, -0.2) is 18.5 Å². The standard InChI is InChI=1S/C11H19O2PS2/c1-3-12-14(15,13-4-2)16-11-8-9-5-6-10(11)7-9/h5-6,9-11H,3-4,7-8H2,1-2H3/t9?,10-,11?/m1/s1. The van der Waals surface area contributed by atoms with Crippen LogP contribution in [0.4, 0.5) is 0 Å². The fourth-order valence-corrected chi connectivity index (χ4v) is 8.63. The lowest BCUT2D eigenvalue weighted by atomic mass is 10.1. The average molecular weight is 278 g/mol. The fourth-order valence-electron chi connectivity index (χ4n) is 2.43. The van der Waals surface area contributed by atoms with Gasteiger partial charge in [-0.3, -0.25) is 0 Å². The van der Waals surface area contributed by atoms with Gasteiger partial charge in [0.15, 0.2) is 0 Å². The lowest BCUT2D eigenvalue weighted by molar-refractivity contribution is 0.280. The van der Waals surface area contributed by atoms with Crippen molar-refractivity contribution in [3.8, 4) is 0 Å². The maximum absolute atomic E-state index is 5.68. The number of hydrogen-bond donors (Lipinski definition) is 0. The maximum Gasteiger partial charge on any atom is 0.247 e. The van der Waals surface area contributed by atoms with Gasteiger partial charge < -0.3 is 9.05 Å². The van der Waals surface area contributed by atoms with Crippen molar-refractivity contribution in [2.24, 2.45) is 11.8 Å². The molecule has 0 aromatic rings. The second-order valence-electron chi connectivity index (χ2n) is 4.21. The van der Waals surface area contributed by atoms with Crippen LogP contribution in [0.15, 0.2) is 12.2 Å². The Kier molecular flexibility index (Phi) is 4.53. The number of hydrogen-bond acceptors (Lipinski definition) is 4. The molecule has 2 bridgehead atoms. The zero-order valence-corrected chi connectivity index (χ0v) is 12.3. The topological polar surface area (TPSA) is 18.5 Å². The zero-order valence-electron chi connectivity index (χ0n) is 9.80. The summed E-state index contributed by atoms with van der Waals surface area (Å²) in [7, 11) is 0. The first kappa shape index (κ1) is 13.1. The van der Waals surface area contributed by atoms with Gasteiger partial charge in [-0.15, -0.1) is 0 Å². The van der Waals surface area contributed by atoms with Gasteiger partial charge in [0.1, 0.15) is 0 Å². The van der Waals surface area contributed by atoms with Crippen molar-refractivity contribution in [2.45, 2.75) is 31.9 Å². The summed E-state index contributed by atoms with van der Waals surface area (Å²) in [5.41, 5.74) is -2.08. The molecule has 2 aliphatic rings. The lowest BCUT2D eigenvalue weighted by Gasteiger charge is -2.26. The molecule has 2 aliphatic carbocycles. The Morgan fingerprint density at radius 3 is 2.38 bits per heavy atom. The van der Waals surface area contributed by atoms with Crippen LogP contribution in [-0.2, 0) is 20.9 Å². The summed E-state index contributed by atoms with van der Waals surface area (Å²) >= 11 is 7.36. The molecule has 0 saturated heterocycles. The van der Waals surface area contributed by atoms with Crippen LogP contribution in [0.2, 0.25) is 0 Å². The molecule has 16 heavy (non-hydrogen) atoms. The van der Waals surface area contributed by atoms with E-state index in [1.165, 1.54) is 12.8 Å². The molecule has 2 rings (SSSR count). The van der Waals surface area contributed by atoms with Gasteiger partial charge in [-0.25, -0.2) is 0 Å². The quantitative estimate of drug-likeness (QED) is 0.540. The smallest absolute Gasteiger partial charge is 0.247 e. The van der Waals surface area contributed by atoms with E-state index >= 15 is 0 Å². The van der Waals surface area contributed by atoms with Crippen molar-refractivity contribution in [1.29, 1.82) is 0 Å².